The molecular formula is C16H24O2. The third-order valence-corrected chi connectivity index (χ3v) is 2.46. The second-order valence-corrected chi connectivity index (χ2v) is 5.77. The first-order valence-corrected chi connectivity index (χ1v) is 6.37. The number of ether oxygens (including phenoxy) is 2. The van der Waals surface area contributed by atoms with E-state index >= 15 is 0 Å². The van der Waals surface area contributed by atoms with Crippen LogP contribution in [0.15, 0.2) is 30.8 Å². The van der Waals surface area contributed by atoms with Crippen LogP contribution >= 0.6 is 0 Å². The van der Waals surface area contributed by atoms with Crippen molar-refractivity contribution < 1.29 is 9.47 Å². The van der Waals surface area contributed by atoms with Crippen molar-refractivity contribution in [2.75, 3.05) is 0 Å². The monoisotopic (exact) mass is 248 g/mol. The van der Waals surface area contributed by atoms with Gasteiger partial charge in [-0.25, -0.2) is 0 Å². The number of hydrogen-bond acceptors (Lipinski definition) is 2. The Morgan fingerprint density at radius 1 is 1.11 bits per heavy atom. The Hall–Kier alpha value is -1.28. The second-order valence-electron chi connectivity index (χ2n) is 5.77. The minimum absolute atomic E-state index is 0.0681. The molecule has 0 radical (unpaired) electrons. The quantitative estimate of drug-likeness (QED) is 0.714. The largest absolute Gasteiger partial charge is 0.464 e. The Morgan fingerprint density at radius 3 is 2.06 bits per heavy atom. The molecule has 0 aliphatic carbocycles. The van der Waals surface area contributed by atoms with Crippen LogP contribution in [0.3, 0.4) is 0 Å². The van der Waals surface area contributed by atoms with Crippen molar-refractivity contribution in [3.05, 3.63) is 36.4 Å². The standard InChI is InChI=1S/C16H24O2/c1-7-13-8-10-14(11-9-13)18-15(16(4,5)6)17-12(2)3/h7-12,15H,1H2,2-6H3. The van der Waals surface area contributed by atoms with Crippen LogP contribution in [0.25, 0.3) is 6.08 Å². The molecule has 1 aromatic rings. The molecule has 0 spiro atoms. The van der Waals surface area contributed by atoms with Crippen molar-refractivity contribution >= 4 is 6.08 Å². The lowest BCUT2D eigenvalue weighted by Crippen LogP contribution is -2.36. The van der Waals surface area contributed by atoms with Gasteiger partial charge in [0.2, 0.25) is 6.29 Å². The van der Waals surface area contributed by atoms with E-state index in [-0.39, 0.29) is 17.8 Å². The Labute approximate surface area is 111 Å². The number of hydrogen-bond donors (Lipinski definition) is 0. The van der Waals surface area contributed by atoms with Crippen molar-refractivity contribution in [3.8, 4) is 5.75 Å². The average molecular weight is 248 g/mol. The molecule has 18 heavy (non-hydrogen) atoms. The zero-order valence-corrected chi connectivity index (χ0v) is 12.1. The molecule has 0 aliphatic heterocycles. The van der Waals surface area contributed by atoms with E-state index in [1.165, 1.54) is 0 Å². The lowest BCUT2D eigenvalue weighted by atomic mass is 9.96. The smallest absolute Gasteiger partial charge is 0.204 e. The van der Waals surface area contributed by atoms with E-state index in [0.29, 0.717) is 0 Å². The second kappa shape index (κ2) is 6.05. The molecule has 0 bridgehead atoms. The van der Waals surface area contributed by atoms with Crippen LogP contribution in [-0.2, 0) is 4.74 Å². The predicted octanol–water partition coefficient (Wildman–Crippen LogP) is 4.51. The summed E-state index contributed by atoms with van der Waals surface area (Å²) in [5, 5.41) is 0. The van der Waals surface area contributed by atoms with Gasteiger partial charge < -0.3 is 9.47 Å². The fourth-order valence-electron chi connectivity index (χ4n) is 1.46. The molecule has 2 heteroatoms. The molecule has 1 aromatic carbocycles. The van der Waals surface area contributed by atoms with Gasteiger partial charge in [0, 0.05) is 5.41 Å². The Morgan fingerprint density at radius 2 is 1.67 bits per heavy atom. The van der Waals surface area contributed by atoms with Gasteiger partial charge in [-0.2, -0.15) is 0 Å². The lowest BCUT2D eigenvalue weighted by molar-refractivity contribution is -0.162. The molecule has 0 saturated carbocycles. The maximum atomic E-state index is 5.93. The normalized spacial score (nSPS) is 13.4. The summed E-state index contributed by atoms with van der Waals surface area (Å²) in [7, 11) is 0. The Kier molecular flexibility index (Phi) is 4.97. The molecule has 1 unspecified atom stereocenters. The van der Waals surface area contributed by atoms with Gasteiger partial charge in [0.25, 0.3) is 0 Å². The summed E-state index contributed by atoms with van der Waals surface area (Å²) in [4.78, 5) is 0. The summed E-state index contributed by atoms with van der Waals surface area (Å²) in [5.41, 5.74) is 1.01. The number of rotatable bonds is 5. The first-order valence-electron chi connectivity index (χ1n) is 6.37. The Bertz CT molecular complexity index is 371. The molecule has 0 fully saturated rings. The molecule has 2 nitrogen and oxygen atoms in total. The Balaban J connectivity index is 2.78. The predicted molar refractivity (Wildman–Crippen MR) is 76.6 cm³/mol. The highest BCUT2D eigenvalue weighted by Gasteiger charge is 2.28. The third-order valence-electron chi connectivity index (χ3n) is 2.46. The van der Waals surface area contributed by atoms with Gasteiger partial charge >= 0.3 is 0 Å². The van der Waals surface area contributed by atoms with Crippen LogP contribution in [0.2, 0.25) is 0 Å². The molecule has 0 aliphatic rings. The van der Waals surface area contributed by atoms with Crippen molar-refractivity contribution in [1.82, 2.24) is 0 Å². The minimum Gasteiger partial charge on any atom is -0.464 e. The zero-order chi connectivity index (χ0) is 13.8. The van der Waals surface area contributed by atoms with Crippen LogP contribution < -0.4 is 4.74 Å². The minimum atomic E-state index is -0.257. The molecule has 1 atom stereocenters. The van der Waals surface area contributed by atoms with Gasteiger partial charge in [0.05, 0.1) is 6.10 Å². The van der Waals surface area contributed by atoms with Crippen molar-refractivity contribution in [2.24, 2.45) is 5.41 Å². The summed E-state index contributed by atoms with van der Waals surface area (Å²) in [6.07, 6.45) is 1.70. The molecule has 0 heterocycles. The molecule has 0 amide bonds. The highest BCUT2D eigenvalue weighted by molar-refractivity contribution is 5.48. The SMILES string of the molecule is C=Cc1ccc(OC(OC(C)C)C(C)(C)C)cc1. The highest BCUT2D eigenvalue weighted by atomic mass is 16.7. The summed E-state index contributed by atoms with van der Waals surface area (Å²) < 4.78 is 11.8. The van der Waals surface area contributed by atoms with Gasteiger partial charge in [-0.3, -0.25) is 0 Å². The summed E-state index contributed by atoms with van der Waals surface area (Å²) in [5.74, 6) is 0.821. The zero-order valence-electron chi connectivity index (χ0n) is 12.1. The van der Waals surface area contributed by atoms with Gasteiger partial charge in [-0.1, -0.05) is 45.6 Å². The first-order chi connectivity index (χ1) is 8.32. The van der Waals surface area contributed by atoms with Crippen molar-refractivity contribution in [1.29, 1.82) is 0 Å². The summed E-state index contributed by atoms with van der Waals surface area (Å²) in [6, 6.07) is 7.85. The van der Waals surface area contributed by atoms with Crippen molar-refractivity contribution in [3.63, 3.8) is 0 Å². The van der Waals surface area contributed by atoms with Gasteiger partial charge in [-0.15, -0.1) is 0 Å². The average Bonchev–Trinajstić information content (AvgIpc) is 2.27. The highest BCUT2D eigenvalue weighted by Crippen LogP contribution is 2.27. The molecular weight excluding hydrogens is 224 g/mol. The van der Waals surface area contributed by atoms with Gasteiger partial charge in [-0.05, 0) is 31.5 Å². The van der Waals surface area contributed by atoms with Crippen LogP contribution in [0.1, 0.15) is 40.2 Å². The topological polar surface area (TPSA) is 18.5 Å². The van der Waals surface area contributed by atoms with Crippen LogP contribution in [0.4, 0.5) is 0 Å². The van der Waals surface area contributed by atoms with E-state index in [2.05, 4.69) is 27.4 Å². The lowest BCUT2D eigenvalue weighted by Gasteiger charge is -2.32. The van der Waals surface area contributed by atoms with E-state index < -0.39 is 0 Å². The van der Waals surface area contributed by atoms with E-state index in [4.69, 9.17) is 9.47 Å². The maximum Gasteiger partial charge on any atom is 0.204 e. The number of benzene rings is 1. The van der Waals surface area contributed by atoms with Crippen LogP contribution in [0.5, 0.6) is 5.75 Å². The fourth-order valence-corrected chi connectivity index (χ4v) is 1.46. The van der Waals surface area contributed by atoms with Gasteiger partial charge in [0.1, 0.15) is 5.75 Å². The maximum absolute atomic E-state index is 5.93. The van der Waals surface area contributed by atoms with Crippen molar-refractivity contribution in [2.45, 2.75) is 47.0 Å². The molecule has 0 N–H and O–H groups in total. The fraction of sp³-hybridized carbons (Fsp3) is 0.500. The molecule has 0 aromatic heterocycles. The molecule has 0 saturated heterocycles. The third kappa shape index (κ3) is 4.53. The summed E-state index contributed by atoms with van der Waals surface area (Å²) in [6.45, 7) is 14.1. The van der Waals surface area contributed by atoms with E-state index in [1.54, 1.807) is 0 Å². The molecule has 1 rings (SSSR count). The summed E-state index contributed by atoms with van der Waals surface area (Å²) >= 11 is 0. The van der Waals surface area contributed by atoms with E-state index in [1.807, 2.05) is 44.2 Å². The van der Waals surface area contributed by atoms with Crippen LogP contribution in [0, 0.1) is 5.41 Å². The van der Waals surface area contributed by atoms with E-state index in [9.17, 15) is 0 Å². The van der Waals surface area contributed by atoms with E-state index in [0.717, 1.165) is 11.3 Å². The molecule has 100 valence electrons. The van der Waals surface area contributed by atoms with Gasteiger partial charge in [0.15, 0.2) is 0 Å². The van der Waals surface area contributed by atoms with Crippen LogP contribution in [-0.4, -0.2) is 12.4 Å². The first kappa shape index (κ1) is 14.8.